The summed E-state index contributed by atoms with van der Waals surface area (Å²) < 4.78 is 0. The van der Waals surface area contributed by atoms with E-state index in [0.29, 0.717) is 5.41 Å². The first-order valence-electron chi connectivity index (χ1n) is 8.29. The molecule has 1 aromatic rings. The van der Waals surface area contributed by atoms with Crippen molar-refractivity contribution in [2.24, 2.45) is 11.3 Å². The van der Waals surface area contributed by atoms with Gasteiger partial charge in [-0.15, -0.1) is 11.3 Å². The minimum atomic E-state index is 0.0735. The van der Waals surface area contributed by atoms with Crippen LogP contribution in [0.1, 0.15) is 78.4 Å². The highest BCUT2D eigenvalue weighted by atomic mass is 32.1. The molecule has 2 unspecified atom stereocenters. The quantitative estimate of drug-likeness (QED) is 0.841. The molecule has 0 aliphatic heterocycles. The normalized spacial score (nSPS) is 29.6. The number of aromatic nitrogens is 1. The first-order chi connectivity index (χ1) is 9.58. The lowest BCUT2D eigenvalue weighted by molar-refractivity contribution is 0.0805. The van der Waals surface area contributed by atoms with E-state index < -0.39 is 0 Å². The highest BCUT2D eigenvalue weighted by Crippen LogP contribution is 2.49. The summed E-state index contributed by atoms with van der Waals surface area (Å²) in [6.07, 6.45) is 3.72. The van der Waals surface area contributed by atoms with E-state index in [1.165, 1.54) is 30.0 Å². The highest BCUT2D eigenvalue weighted by molar-refractivity contribution is 7.09. The van der Waals surface area contributed by atoms with Crippen LogP contribution in [0.5, 0.6) is 0 Å². The Balaban J connectivity index is 2.40. The van der Waals surface area contributed by atoms with Gasteiger partial charge in [0.1, 0.15) is 5.01 Å². The van der Waals surface area contributed by atoms with Crippen LogP contribution in [0.2, 0.25) is 0 Å². The second-order valence-electron chi connectivity index (χ2n) is 8.75. The van der Waals surface area contributed by atoms with Gasteiger partial charge in [-0.3, -0.25) is 0 Å². The van der Waals surface area contributed by atoms with Crippen molar-refractivity contribution in [3.05, 3.63) is 16.1 Å². The van der Waals surface area contributed by atoms with Gasteiger partial charge in [-0.1, -0.05) is 48.5 Å². The lowest BCUT2D eigenvalue weighted by Crippen LogP contribution is -2.50. The third-order valence-electron chi connectivity index (χ3n) is 4.58. The predicted octanol–water partition coefficient (Wildman–Crippen LogP) is 5.09. The van der Waals surface area contributed by atoms with Crippen molar-refractivity contribution in [1.29, 1.82) is 0 Å². The Morgan fingerprint density at radius 1 is 1.33 bits per heavy atom. The average Bonchev–Trinajstić information content (AvgIpc) is 2.75. The Morgan fingerprint density at radius 2 is 2.00 bits per heavy atom. The number of thiazole rings is 1. The summed E-state index contributed by atoms with van der Waals surface area (Å²) in [6, 6.07) is 0. The summed E-state index contributed by atoms with van der Waals surface area (Å²) in [4.78, 5) is 5.05. The van der Waals surface area contributed by atoms with E-state index >= 15 is 0 Å². The summed E-state index contributed by atoms with van der Waals surface area (Å²) in [6.45, 7) is 17.2. The molecule has 1 saturated carbocycles. The van der Waals surface area contributed by atoms with Gasteiger partial charge in [0.25, 0.3) is 0 Å². The molecule has 0 saturated heterocycles. The van der Waals surface area contributed by atoms with Crippen molar-refractivity contribution >= 4 is 11.3 Å². The van der Waals surface area contributed by atoms with Crippen molar-refractivity contribution in [2.75, 3.05) is 6.54 Å². The number of nitrogens with one attached hydrogen (secondary N) is 1. The van der Waals surface area contributed by atoms with E-state index in [0.717, 1.165) is 12.5 Å². The van der Waals surface area contributed by atoms with Gasteiger partial charge < -0.3 is 5.32 Å². The van der Waals surface area contributed by atoms with Crippen molar-refractivity contribution in [3.8, 4) is 0 Å². The Hall–Kier alpha value is -0.410. The highest BCUT2D eigenvalue weighted by Gasteiger charge is 2.45. The van der Waals surface area contributed by atoms with Crippen molar-refractivity contribution in [2.45, 2.75) is 78.7 Å². The van der Waals surface area contributed by atoms with Gasteiger partial charge in [0.2, 0.25) is 0 Å². The molecule has 0 radical (unpaired) electrons. The monoisotopic (exact) mass is 308 g/mol. The smallest absolute Gasteiger partial charge is 0.113 e. The van der Waals surface area contributed by atoms with Crippen LogP contribution in [0.4, 0.5) is 0 Å². The standard InChI is InChI=1S/C18H32N2S/c1-8-19-18(10-13(2)9-17(6,7)12-18)15-20-14(11-21-15)16(3,4)5/h11,13,19H,8-10,12H2,1-7H3. The molecule has 2 atom stereocenters. The average molecular weight is 309 g/mol. The molecule has 1 N–H and O–H groups in total. The fourth-order valence-electron chi connectivity index (χ4n) is 4.12. The van der Waals surface area contributed by atoms with Gasteiger partial charge >= 0.3 is 0 Å². The molecular formula is C18H32N2S. The SMILES string of the molecule is CCNC1(c2nc(C(C)(C)C)cs2)CC(C)CC(C)(C)C1. The van der Waals surface area contributed by atoms with Crippen LogP contribution in [-0.2, 0) is 11.0 Å². The van der Waals surface area contributed by atoms with Crippen molar-refractivity contribution in [1.82, 2.24) is 10.3 Å². The molecule has 2 nitrogen and oxygen atoms in total. The second-order valence-corrected chi connectivity index (χ2v) is 9.61. The van der Waals surface area contributed by atoms with Crippen molar-refractivity contribution in [3.63, 3.8) is 0 Å². The molecule has 0 amide bonds. The van der Waals surface area contributed by atoms with E-state index in [9.17, 15) is 0 Å². The molecule has 2 rings (SSSR count). The van der Waals surface area contributed by atoms with Crippen LogP contribution in [0, 0.1) is 11.3 Å². The minimum absolute atomic E-state index is 0.0735. The summed E-state index contributed by atoms with van der Waals surface area (Å²) in [5.41, 5.74) is 1.82. The van der Waals surface area contributed by atoms with E-state index in [-0.39, 0.29) is 11.0 Å². The zero-order valence-electron chi connectivity index (χ0n) is 14.8. The number of rotatable bonds is 3. The molecular weight excluding hydrogens is 276 g/mol. The van der Waals surface area contributed by atoms with Crippen LogP contribution in [0.15, 0.2) is 5.38 Å². The topological polar surface area (TPSA) is 24.9 Å². The first kappa shape index (κ1) is 17.0. The Bertz CT molecular complexity index is 484. The van der Waals surface area contributed by atoms with Crippen LogP contribution < -0.4 is 5.32 Å². The van der Waals surface area contributed by atoms with Gasteiger partial charge in [-0.05, 0) is 37.1 Å². The summed E-state index contributed by atoms with van der Waals surface area (Å²) in [7, 11) is 0. The minimum Gasteiger partial charge on any atom is -0.306 e. The molecule has 1 aliphatic rings. The molecule has 3 heteroatoms. The summed E-state index contributed by atoms with van der Waals surface area (Å²) >= 11 is 1.85. The zero-order valence-corrected chi connectivity index (χ0v) is 15.7. The number of hydrogen-bond donors (Lipinski definition) is 1. The molecule has 1 aliphatic carbocycles. The Kier molecular flexibility index (Phi) is 4.57. The van der Waals surface area contributed by atoms with E-state index in [1.54, 1.807) is 0 Å². The van der Waals surface area contributed by atoms with Gasteiger partial charge in [0, 0.05) is 10.8 Å². The van der Waals surface area contributed by atoms with E-state index in [1.807, 2.05) is 11.3 Å². The van der Waals surface area contributed by atoms with Crippen LogP contribution in [0.3, 0.4) is 0 Å². The summed E-state index contributed by atoms with van der Waals surface area (Å²) in [5.74, 6) is 0.745. The fourth-order valence-corrected chi connectivity index (χ4v) is 5.36. The molecule has 0 aromatic carbocycles. The van der Waals surface area contributed by atoms with E-state index in [4.69, 9.17) is 4.98 Å². The Labute approximate surface area is 134 Å². The molecule has 120 valence electrons. The van der Waals surface area contributed by atoms with Crippen LogP contribution >= 0.6 is 11.3 Å². The maximum absolute atomic E-state index is 5.05. The third kappa shape index (κ3) is 3.68. The number of hydrogen-bond acceptors (Lipinski definition) is 3. The molecule has 1 heterocycles. The third-order valence-corrected chi connectivity index (χ3v) is 5.62. The largest absolute Gasteiger partial charge is 0.306 e. The van der Waals surface area contributed by atoms with Gasteiger partial charge in [0.15, 0.2) is 0 Å². The lowest BCUT2D eigenvalue weighted by Gasteiger charge is -2.47. The Morgan fingerprint density at radius 3 is 2.48 bits per heavy atom. The number of nitrogens with zero attached hydrogens (tertiary/aromatic N) is 1. The van der Waals surface area contributed by atoms with Gasteiger partial charge in [0.05, 0.1) is 11.2 Å². The lowest BCUT2D eigenvalue weighted by atomic mass is 9.64. The van der Waals surface area contributed by atoms with E-state index in [2.05, 4.69) is 59.2 Å². The molecule has 1 aromatic heterocycles. The first-order valence-corrected chi connectivity index (χ1v) is 9.17. The molecule has 0 bridgehead atoms. The molecule has 0 spiro atoms. The van der Waals surface area contributed by atoms with Gasteiger partial charge in [-0.25, -0.2) is 4.98 Å². The zero-order chi connectivity index (χ0) is 15.9. The molecule has 1 fully saturated rings. The molecule has 21 heavy (non-hydrogen) atoms. The van der Waals surface area contributed by atoms with Crippen molar-refractivity contribution < 1.29 is 0 Å². The summed E-state index contributed by atoms with van der Waals surface area (Å²) in [5, 5.41) is 7.38. The maximum Gasteiger partial charge on any atom is 0.113 e. The predicted molar refractivity (Wildman–Crippen MR) is 93.0 cm³/mol. The van der Waals surface area contributed by atoms with Crippen LogP contribution in [-0.4, -0.2) is 11.5 Å². The second kappa shape index (κ2) is 5.66. The van der Waals surface area contributed by atoms with Gasteiger partial charge in [-0.2, -0.15) is 0 Å². The fraction of sp³-hybridized carbons (Fsp3) is 0.833. The maximum atomic E-state index is 5.05. The van der Waals surface area contributed by atoms with Crippen LogP contribution in [0.25, 0.3) is 0 Å².